The van der Waals surface area contributed by atoms with Crippen molar-refractivity contribution >= 4 is 49.4 Å². The summed E-state index contributed by atoms with van der Waals surface area (Å²) in [7, 11) is 0. The van der Waals surface area contributed by atoms with E-state index in [0.717, 1.165) is 14.6 Å². The maximum atomic E-state index is 12.7. The molecule has 0 aliphatic carbocycles. The Balaban J connectivity index is 2.41. The Bertz CT molecular complexity index is 546. The van der Waals surface area contributed by atoms with E-state index in [0.29, 0.717) is 13.0 Å². The highest BCUT2D eigenvalue weighted by molar-refractivity contribution is 9.11. The molecule has 0 saturated carbocycles. The minimum absolute atomic E-state index is 0.0537. The molecule has 1 fully saturated rings. The van der Waals surface area contributed by atoms with E-state index in [2.05, 4.69) is 37.2 Å². The van der Waals surface area contributed by atoms with Crippen molar-refractivity contribution in [3.63, 3.8) is 0 Å². The monoisotopic (exact) mass is 402 g/mol. The van der Waals surface area contributed by atoms with Crippen LogP contribution in [0.2, 0.25) is 0 Å². The Morgan fingerprint density at radius 1 is 1.30 bits per heavy atom. The third-order valence-electron chi connectivity index (χ3n) is 3.28. The van der Waals surface area contributed by atoms with Crippen molar-refractivity contribution in [3.8, 4) is 0 Å². The summed E-state index contributed by atoms with van der Waals surface area (Å²) in [6.07, 6.45) is 0.313. The van der Waals surface area contributed by atoms with Crippen molar-refractivity contribution in [1.82, 2.24) is 5.32 Å². The predicted octanol–water partition coefficient (Wildman–Crippen LogP) is 3.09. The number of amides is 2. The first-order valence-electron chi connectivity index (χ1n) is 6.46. The summed E-state index contributed by atoms with van der Waals surface area (Å²) >= 11 is 6.89. The fourth-order valence-corrected chi connectivity index (χ4v) is 2.99. The molecule has 1 heterocycles. The largest absolute Gasteiger partial charge is 0.344 e. The molecule has 1 saturated heterocycles. The SMILES string of the molecule is CC(C)C1NC(=O)CCN(c2cc(Br)ccc2Br)C1=O. The first-order valence-corrected chi connectivity index (χ1v) is 8.04. The second-order valence-electron chi connectivity index (χ2n) is 5.12. The molecule has 4 nitrogen and oxygen atoms in total. The second-order valence-corrected chi connectivity index (χ2v) is 6.89. The average molecular weight is 404 g/mol. The van der Waals surface area contributed by atoms with Crippen LogP contribution in [0.15, 0.2) is 27.1 Å². The average Bonchev–Trinajstić information content (AvgIpc) is 2.53. The van der Waals surface area contributed by atoms with Crippen molar-refractivity contribution in [1.29, 1.82) is 0 Å². The highest BCUT2D eigenvalue weighted by Gasteiger charge is 2.33. The molecule has 1 aliphatic rings. The van der Waals surface area contributed by atoms with Gasteiger partial charge in [0.25, 0.3) is 0 Å². The molecule has 1 N–H and O–H groups in total. The fraction of sp³-hybridized carbons (Fsp3) is 0.429. The van der Waals surface area contributed by atoms with E-state index in [1.165, 1.54) is 0 Å². The number of nitrogens with one attached hydrogen (secondary N) is 1. The second kappa shape index (κ2) is 6.26. The number of rotatable bonds is 2. The van der Waals surface area contributed by atoms with Gasteiger partial charge in [0.05, 0.1) is 5.69 Å². The van der Waals surface area contributed by atoms with Gasteiger partial charge in [0.1, 0.15) is 6.04 Å². The van der Waals surface area contributed by atoms with Crippen LogP contribution in [0.25, 0.3) is 0 Å². The Hall–Kier alpha value is -0.880. The Morgan fingerprint density at radius 3 is 2.65 bits per heavy atom. The molecule has 0 radical (unpaired) electrons. The lowest BCUT2D eigenvalue weighted by Gasteiger charge is -2.27. The molecule has 6 heteroatoms. The van der Waals surface area contributed by atoms with Gasteiger partial charge in [0, 0.05) is 21.9 Å². The summed E-state index contributed by atoms with van der Waals surface area (Å²) < 4.78 is 1.74. The summed E-state index contributed by atoms with van der Waals surface area (Å²) in [5.74, 6) is -0.0895. The Morgan fingerprint density at radius 2 is 2.00 bits per heavy atom. The molecule has 1 unspecified atom stereocenters. The van der Waals surface area contributed by atoms with E-state index < -0.39 is 6.04 Å². The molecule has 1 atom stereocenters. The van der Waals surface area contributed by atoms with E-state index in [1.54, 1.807) is 4.90 Å². The molecule has 1 aromatic carbocycles. The van der Waals surface area contributed by atoms with Crippen LogP contribution in [0, 0.1) is 5.92 Å². The molecule has 0 aromatic heterocycles. The first-order chi connectivity index (χ1) is 9.40. The lowest BCUT2D eigenvalue weighted by atomic mass is 10.0. The number of carbonyl (C=O) groups is 2. The van der Waals surface area contributed by atoms with Crippen molar-refractivity contribution in [2.75, 3.05) is 11.4 Å². The van der Waals surface area contributed by atoms with Crippen LogP contribution in [0.5, 0.6) is 0 Å². The van der Waals surface area contributed by atoms with Crippen molar-refractivity contribution in [2.45, 2.75) is 26.3 Å². The molecular weight excluding hydrogens is 388 g/mol. The third-order valence-corrected chi connectivity index (χ3v) is 4.44. The van der Waals surface area contributed by atoms with E-state index in [4.69, 9.17) is 0 Å². The van der Waals surface area contributed by atoms with Gasteiger partial charge in [-0.15, -0.1) is 0 Å². The van der Waals surface area contributed by atoms with E-state index >= 15 is 0 Å². The normalized spacial score (nSPS) is 20.1. The highest BCUT2D eigenvalue weighted by Crippen LogP contribution is 2.31. The van der Waals surface area contributed by atoms with E-state index in [-0.39, 0.29) is 17.7 Å². The lowest BCUT2D eigenvalue weighted by molar-refractivity contribution is -0.126. The van der Waals surface area contributed by atoms with Crippen LogP contribution >= 0.6 is 31.9 Å². The number of anilines is 1. The van der Waals surface area contributed by atoms with Crippen molar-refractivity contribution in [2.24, 2.45) is 5.92 Å². The minimum atomic E-state index is -0.476. The van der Waals surface area contributed by atoms with Gasteiger partial charge < -0.3 is 10.2 Å². The summed E-state index contributed by atoms with van der Waals surface area (Å²) in [6, 6.07) is 5.20. The minimum Gasteiger partial charge on any atom is -0.344 e. The van der Waals surface area contributed by atoms with Crippen LogP contribution in [0.4, 0.5) is 5.69 Å². The lowest BCUT2D eigenvalue weighted by Crippen LogP contribution is -2.48. The highest BCUT2D eigenvalue weighted by atomic mass is 79.9. The number of nitrogens with zero attached hydrogens (tertiary/aromatic N) is 1. The quantitative estimate of drug-likeness (QED) is 0.824. The molecule has 20 heavy (non-hydrogen) atoms. The Labute approximate surface area is 135 Å². The van der Waals surface area contributed by atoms with Crippen LogP contribution in [0.3, 0.4) is 0 Å². The van der Waals surface area contributed by atoms with Crippen molar-refractivity contribution in [3.05, 3.63) is 27.1 Å². The molecule has 0 spiro atoms. The summed E-state index contributed by atoms with van der Waals surface area (Å²) in [5.41, 5.74) is 0.784. The maximum Gasteiger partial charge on any atom is 0.249 e. The number of hydrogen-bond acceptors (Lipinski definition) is 2. The molecule has 2 rings (SSSR count). The standard InChI is InChI=1S/C14H16Br2N2O2/c1-8(2)13-14(20)18(6-5-12(19)17-13)11-7-9(15)3-4-10(11)16/h3-4,7-8,13H,5-6H2,1-2H3,(H,17,19). The van der Waals surface area contributed by atoms with Gasteiger partial charge >= 0.3 is 0 Å². The Kier molecular flexibility index (Phi) is 4.86. The number of benzene rings is 1. The van der Waals surface area contributed by atoms with Gasteiger partial charge in [-0.1, -0.05) is 29.8 Å². The third kappa shape index (κ3) is 3.23. The zero-order valence-electron chi connectivity index (χ0n) is 11.3. The van der Waals surface area contributed by atoms with Crippen molar-refractivity contribution < 1.29 is 9.59 Å². The summed E-state index contributed by atoms with van der Waals surface area (Å²) in [6.45, 7) is 4.26. The smallest absolute Gasteiger partial charge is 0.249 e. The molecular formula is C14H16Br2N2O2. The topological polar surface area (TPSA) is 49.4 Å². The van der Waals surface area contributed by atoms with Gasteiger partial charge in [-0.05, 0) is 40.0 Å². The van der Waals surface area contributed by atoms with Crippen LogP contribution < -0.4 is 10.2 Å². The van der Waals surface area contributed by atoms with Gasteiger partial charge in [-0.25, -0.2) is 0 Å². The zero-order valence-corrected chi connectivity index (χ0v) is 14.5. The van der Waals surface area contributed by atoms with E-state index in [9.17, 15) is 9.59 Å². The van der Waals surface area contributed by atoms with Gasteiger partial charge in [-0.2, -0.15) is 0 Å². The van der Waals surface area contributed by atoms with Crippen LogP contribution in [-0.4, -0.2) is 24.4 Å². The zero-order chi connectivity index (χ0) is 14.9. The van der Waals surface area contributed by atoms with Gasteiger partial charge in [0.15, 0.2) is 0 Å². The number of hydrogen-bond donors (Lipinski definition) is 1. The van der Waals surface area contributed by atoms with Gasteiger partial charge in [-0.3, -0.25) is 9.59 Å². The molecule has 108 valence electrons. The fourth-order valence-electron chi connectivity index (χ4n) is 2.18. The summed E-state index contributed by atoms with van der Waals surface area (Å²) in [4.78, 5) is 26.1. The molecule has 1 aliphatic heterocycles. The molecule has 1 aromatic rings. The predicted molar refractivity (Wildman–Crippen MR) is 85.6 cm³/mol. The molecule has 0 bridgehead atoms. The summed E-state index contributed by atoms with van der Waals surface area (Å²) in [5, 5.41) is 2.80. The maximum absolute atomic E-state index is 12.7. The van der Waals surface area contributed by atoms with Crippen LogP contribution in [-0.2, 0) is 9.59 Å². The number of carbonyl (C=O) groups excluding carboxylic acids is 2. The van der Waals surface area contributed by atoms with E-state index in [1.807, 2.05) is 32.0 Å². The number of halogens is 2. The first kappa shape index (κ1) is 15.5. The van der Waals surface area contributed by atoms with Crippen LogP contribution in [0.1, 0.15) is 20.3 Å². The molecule has 2 amide bonds. The van der Waals surface area contributed by atoms with Gasteiger partial charge in [0.2, 0.25) is 11.8 Å².